The Balaban J connectivity index is 1.88. The maximum absolute atomic E-state index is 12.7. The molecule has 1 N–H and O–H groups in total. The molecule has 0 spiro atoms. The average Bonchev–Trinajstić information content (AvgIpc) is 3.01. The van der Waals surface area contributed by atoms with Gasteiger partial charge in [-0.15, -0.1) is 11.3 Å². The summed E-state index contributed by atoms with van der Waals surface area (Å²) in [6.07, 6.45) is 2.32. The van der Waals surface area contributed by atoms with Gasteiger partial charge in [0.05, 0.1) is 11.7 Å². The molecule has 1 atom stereocenters. The molecule has 0 unspecified atom stereocenters. The van der Waals surface area contributed by atoms with E-state index in [0.29, 0.717) is 11.1 Å². The Labute approximate surface area is 144 Å². The minimum Gasteiger partial charge on any atom is -0.324 e. The van der Waals surface area contributed by atoms with Gasteiger partial charge in [-0.05, 0) is 38.5 Å². The van der Waals surface area contributed by atoms with Crippen molar-refractivity contribution in [2.75, 3.05) is 5.32 Å². The standard InChI is InChI=1S/C18H19N3O2S/c1-4-14-9-15-17(24-14)19-10-21(18(15)23)12(3)16(22)20-13-7-5-11(2)6-8-13/h5-10,12H,4H2,1-3H3,(H,20,22)/t12-/m1/s1. The average molecular weight is 341 g/mol. The molecule has 0 aliphatic rings. The van der Waals surface area contributed by atoms with Crippen molar-refractivity contribution in [2.24, 2.45) is 0 Å². The zero-order valence-corrected chi connectivity index (χ0v) is 14.7. The summed E-state index contributed by atoms with van der Waals surface area (Å²) in [6.45, 7) is 5.73. The molecule has 24 heavy (non-hydrogen) atoms. The summed E-state index contributed by atoms with van der Waals surface area (Å²) in [5, 5.41) is 3.41. The van der Waals surface area contributed by atoms with E-state index in [1.165, 1.54) is 22.2 Å². The summed E-state index contributed by atoms with van der Waals surface area (Å²) >= 11 is 1.52. The minimum atomic E-state index is -0.638. The molecule has 0 bridgehead atoms. The monoisotopic (exact) mass is 341 g/mol. The maximum Gasteiger partial charge on any atom is 0.262 e. The Morgan fingerprint density at radius 1 is 1.33 bits per heavy atom. The Kier molecular flexibility index (Phi) is 4.49. The van der Waals surface area contributed by atoms with E-state index in [4.69, 9.17) is 0 Å². The van der Waals surface area contributed by atoms with Crippen LogP contribution in [-0.4, -0.2) is 15.5 Å². The zero-order chi connectivity index (χ0) is 17.3. The van der Waals surface area contributed by atoms with E-state index in [-0.39, 0.29) is 11.5 Å². The van der Waals surface area contributed by atoms with Gasteiger partial charge in [-0.3, -0.25) is 14.2 Å². The summed E-state index contributed by atoms with van der Waals surface area (Å²) in [5.74, 6) is -0.243. The number of hydrogen-bond acceptors (Lipinski definition) is 4. The van der Waals surface area contributed by atoms with Crippen LogP contribution >= 0.6 is 11.3 Å². The summed E-state index contributed by atoms with van der Waals surface area (Å²) in [5.41, 5.74) is 1.65. The lowest BCUT2D eigenvalue weighted by Gasteiger charge is -2.14. The minimum absolute atomic E-state index is 0.178. The molecule has 1 aromatic carbocycles. The van der Waals surface area contributed by atoms with Gasteiger partial charge in [0, 0.05) is 10.6 Å². The normalized spacial score (nSPS) is 12.3. The van der Waals surface area contributed by atoms with Crippen LogP contribution < -0.4 is 10.9 Å². The number of rotatable bonds is 4. The van der Waals surface area contributed by atoms with E-state index < -0.39 is 6.04 Å². The molecular formula is C18H19N3O2S. The highest BCUT2D eigenvalue weighted by Gasteiger charge is 2.18. The van der Waals surface area contributed by atoms with Crippen LogP contribution in [0.25, 0.3) is 10.2 Å². The second-order valence-corrected chi connectivity index (χ2v) is 6.89. The van der Waals surface area contributed by atoms with Crippen molar-refractivity contribution in [1.82, 2.24) is 9.55 Å². The summed E-state index contributed by atoms with van der Waals surface area (Å²) in [4.78, 5) is 31.3. The molecule has 3 rings (SSSR count). The first-order chi connectivity index (χ1) is 11.5. The van der Waals surface area contributed by atoms with Gasteiger partial charge in [-0.25, -0.2) is 4.98 Å². The van der Waals surface area contributed by atoms with Gasteiger partial charge in [0.2, 0.25) is 5.91 Å². The second-order valence-electron chi connectivity index (χ2n) is 5.77. The Bertz CT molecular complexity index is 941. The molecule has 2 aromatic heterocycles. The van der Waals surface area contributed by atoms with Gasteiger partial charge < -0.3 is 5.32 Å². The first-order valence-corrected chi connectivity index (χ1v) is 8.68. The summed E-state index contributed by atoms with van der Waals surface area (Å²) < 4.78 is 1.39. The van der Waals surface area contributed by atoms with Crippen molar-refractivity contribution < 1.29 is 4.79 Å². The molecule has 5 nitrogen and oxygen atoms in total. The van der Waals surface area contributed by atoms with Crippen LogP contribution in [0.5, 0.6) is 0 Å². The van der Waals surface area contributed by atoms with E-state index in [1.807, 2.05) is 44.2 Å². The van der Waals surface area contributed by atoms with Crippen molar-refractivity contribution in [3.63, 3.8) is 0 Å². The third-order valence-electron chi connectivity index (χ3n) is 3.99. The van der Waals surface area contributed by atoms with Crippen molar-refractivity contribution in [3.8, 4) is 0 Å². The van der Waals surface area contributed by atoms with Crippen LogP contribution in [0.15, 0.2) is 41.5 Å². The second kappa shape index (κ2) is 6.57. The van der Waals surface area contributed by atoms with Gasteiger partial charge in [-0.2, -0.15) is 0 Å². The maximum atomic E-state index is 12.7. The predicted octanol–water partition coefficient (Wildman–Crippen LogP) is 3.53. The molecule has 0 saturated heterocycles. The topological polar surface area (TPSA) is 64.0 Å². The van der Waals surface area contributed by atoms with E-state index in [2.05, 4.69) is 10.3 Å². The number of anilines is 1. The van der Waals surface area contributed by atoms with E-state index in [9.17, 15) is 9.59 Å². The SMILES string of the molecule is CCc1cc2c(=O)n([C@H](C)C(=O)Nc3ccc(C)cc3)cnc2s1. The highest BCUT2D eigenvalue weighted by Crippen LogP contribution is 2.22. The number of carbonyl (C=O) groups is 1. The lowest BCUT2D eigenvalue weighted by atomic mass is 10.2. The quantitative estimate of drug-likeness (QED) is 0.789. The fraction of sp³-hybridized carbons (Fsp3) is 0.278. The summed E-state index contributed by atoms with van der Waals surface area (Å²) in [6, 6.07) is 8.78. The van der Waals surface area contributed by atoms with E-state index >= 15 is 0 Å². The lowest BCUT2D eigenvalue weighted by molar-refractivity contribution is -0.118. The molecular weight excluding hydrogens is 322 g/mol. The van der Waals surface area contributed by atoms with Crippen LogP contribution in [-0.2, 0) is 11.2 Å². The first-order valence-electron chi connectivity index (χ1n) is 7.86. The number of hydrogen-bond donors (Lipinski definition) is 1. The molecule has 3 aromatic rings. The Morgan fingerprint density at radius 2 is 2.04 bits per heavy atom. The predicted molar refractivity (Wildman–Crippen MR) is 97.8 cm³/mol. The van der Waals surface area contributed by atoms with Gasteiger partial charge in [0.15, 0.2) is 0 Å². The molecule has 0 radical (unpaired) electrons. The fourth-order valence-electron chi connectivity index (χ4n) is 2.45. The summed E-state index contributed by atoms with van der Waals surface area (Å²) in [7, 11) is 0. The van der Waals surface area contributed by atoms with Crippen LogP contribution in [0.4, 0.5) is 5.69 Å². The molecule has 6 heteroatoms. The number of amides is 1. The molecule has 0 saturated carbocycles. The lowest BCUT2D eigenvalue weighted by Crippen LogP contribution is -2.31. The van der Waals surface area contributed by atoms with Crippen LogP contribution in [0.1, 0.15) is 30.3 Å². The smallest absolute Gasteiger partial charge is 0.262 e. The third-order valence-corrected chi connectivity index (χ3v) is 5.18. The molecule has 124 valence electrons. The number of carbonyl (C=O) groups excluding carboxylic acids is 1. The van der Waals surface area contributed by atoms with Crippen LogP contribution in [0.3, 0.4) is 0 Å². The number of aryl methyl sites for hydroxylation is 2. The number of benzene rings is 1. The number of nitrogens with zero attached hydrogens (tertiary/aromatic N) is 2. The van der Waals surface area contributed by atoms with E-state index in [1.54, 1.807) is 6.92 Å². The fourth-order valence-corrected chi connectivity index (χ4v) is 3.37. The molecule has 0 aliphatic carbocycles. The van der Waals surface area contributed by atoms with Gasteiger partial charge in [-0.1, -0.05) is 24.6 Å². The van der Waals surface area contributed by atoms with Crippen LogP contribution in [0.2, 0.25) is 0 Å². The van der Waals surface area contributed by atoms with Crippen molar-refractivity contribution in [1.29, 1.82) is 0 Å². The number of fused-ring (bicyclic) bond motifs is 1. The largest absolute Gasteiger partial charge is 0.324 e. The first kappa shape index (κ1) is 16.4. The van der Waals surface area contributed by atoms with Crippen molar-refractivity contribution in [3.05, 3.63) is 57.5 Å². The number of nitrogens with one attached hydrogen (secondary N) is 1. The van der Waals surface area contributed by atoms with Crippen molar-refractivity contribution >= 4 is 33.1 Å². The van der Waals surface area contributed by atoms with Crippen molar-refractivity contribution in [2.45, 2.75) is 33.2 Å². The highest BCUT2D eigenvalue weighted by molar-refractivity contribution is 7.18. The third kappa shape index (κ3) is 3.10. The van der Waals surface area contributed by atoms with E-state index in [0.717, 1.165) is 21.7 Å². The molecule has 2 heterocycles. The Hall–Kier alpha value is -2.47. The van der Waals surface area contributed by atoms with Crippen LogP contribution in [0, 0.1) is 6.92 Å². The van der Waals surface area contributed by atoms with Gasteiger partial charge in [0.1, 0.15) is 10.9 Å². The molecule has 0 fully saturated rings. The molecule has 0 aliphatic heterocycles. The van der Waals surface area contributed by atoms with Gasteiger partial charge >= 0.3 is 0 Å². The van der Waals surface area contributed by atoms with Gasteiger partial charge in [0.25, 0.3) is 5.56 Å². The Morgan fingerprint density at radius 3 is 2.71 bits per heavy atom. The molecule has 1 amide bonds. The number of aromatic nitrogens is 2. The number of thiophene rings is 1. The highest BCUT2D eigenvalue weighted by atomic mass is 32.1. The zero-order valence-electron chi connectivity index (χ0n) is 13.9.